The van der Waals surface area contributed by atoms with Gasteiger partial charge in [0.25, 0.3) is 0 Å². The Morgan fingerprint density at radius 2 is 1.31 bits per heavy atom. The summed E-state index contributed by atoms with van der Waals surface area (Å²) in [5.74, 6) is -0.0942. The van der Waals surface area contributed by atoms with E-state index in [1.54, 1.807) is 0 Å². The van der Waals surface area contributed by atoms with Gasteiger partial charge in [-0.25, -0.2) is 0 Å². The molecule has 0 spiro atoms. The fraction of sp³-hybridized carbons (Fsp3) is 0.833. The SMILES string of the molecule is C[C@@]12COCC(=O)[C@@H]1[C@H]1C(=O)COC[C@]12C. The van der Waals surface area contributed by atoms with E-state index in [4.69, 9.17) is 9.47 Å². The molecule has 4 heteroatoms. The van der Waals surface area contributed by atoms with E-state index >= 15 is 0 Å². The molecule has 0 aromatic rings. The third kappa shape index (κ3) is 0.931. The van der Waals surface area contributed by atoms with Crippen LogP contribution < -0.4 is 0 Å². The fourth-order valence-corrected chi connectivity index (χ4v) is 3.85. The van der Waals surface area contributed by atoms with Crippen molar-refractivity contribution in [2.24, 2.45) is 22.7 Å². The number of rotatable bonds is 0. The van der Waals surface area contributed by atoms with E-state index in [9.17, 15) is 9.59 Å². The molecule has 0 radical (unpaired) electrons. The van der Waals surface area contributed by atoms with Crippen molar-refractivity contribution in [3.05, 3.63) is 0 Å². The van der Waals surface area contributed by atoms with E-state index in [2.05, 4.69) is 0 Å². The molecular formula is C12H16O4. The molecule has 1 saturated carbocycles. The van der Waals surface area contributed by atoms with Crippen molar-refractivity contribution in [3.63, 3.8) is 0 Å². The molecule has 0 aromatic heterocycles. The van der Waals surface area contributed by atoms with Crippen LogP contribution in [0.4, 0.5) is 0 Å². The van der Waals surface area contributed by atoms with Crippen molar-refractivity contribution < 1.29 is 19.1 Å². The second-order valence-corrected chi connectivity index (χ2v) is 5.71. The molecule has 3 rings (SSSR count). The number of hydrogen-bond acceptors (Lipinski definition) is 4. The van der Waals surface area contributed by atoms with Crippen LogP contribution in [0.1, 0.15) is 13.8 Å². The van der Waals surface area contributed by atoms with Gasteiger partial charge in [0.05, 0.1) is 13.2 Å². The molecule has 0 amide bonds. The van der Waals surface area contributed by atoms with Gasteiger partial charge in [-0.1, -0.05) is 13.8 Å². The highest BCUT2D eigenvalue weighted by Crippen LogP contribution is 2.67. The van der Waals surface area contributed by atoms with Crippen molar-refractivity contribution in [2.75, 3.05) is 26.4 Å². The predicted molar refractivity (Wildman–Crippen MR) is 54.8 cm³/mol. The number of ether oxygens (including phenoxy) is 2. The first-order valence-corrected chi connectivity index (χ1v) is 5.72. The number of Topliss-reactive ketones (excluding diaryl/α,β-unsaturated/α-hetero) is 2. The zero-order valence-corrected chi connectivity index (χ0v) is 9.62. The smallest absolute Gasteiger partial charge is 0.162 e. The molecule has 88 valence electrons. The number of carbonyl (C=O) groups is 2. The van der Waals surface area contributed by atoms with Crippen molar-refractivity contribution in [1.29, 1.82) is 0 Å². The van der Waals surface area contributed by atoms with Gasteiger partial charge in [0.15, 0.2) is 11.6 Å². The Balaban J connectivity index is 2.03. The average molecular weight is 224 g/mol. The van der Waals surface area contributed by atoms with E-state index in [0.717, 1.165) is 0 Å². The van der Waals surface area contributed by atoms with Crippen LogP contribution in [0.3, 0.4) is 0 Å². The largest absolute Gasteiger partial charge is 0.373 e. The lowest BCUT2D eigenvalue weighted by molar-refractivity contribution is -0.260. The summed E-state index contributed by atoms with van der Waals surface area (Å²) in [6.07, 6.45) is 0. The van der Waals surface area contributed by atoms with Gasteiger partial charge in [-0.3, -0.25) is 9.59 Å². The van der Waals surface area contributed by atoms with Crippen LogP contribution in [0, 0.1) is 22.7 Å². The fourth-order valence-electron chi connectivity index (χ4n) is 3.85. The molecule has 0 N–H and O–H groups in total. The summed E-state index contributed by atoms with van der Waals surface area (Å²) >= 11 is 0. The Morgan fingerprint density at radius 3 is 1.69 bits per heavy atom. The highest BCUT2D eigenvalue weighted by molar-refractivity contribution is 5.95. The first kappa shape index (κ1) is 10.4. The van der Waals surface area contributed by atoms with E-state index < -0.39 is 0 Å². The maximum atomic E-state index is 11.9. The molecular weight excluding hydrogens is 208 g/mol. The zero-order chi connectivity index (χ0) is 11.6. The Hall–Kier alpha value is -0.740. The molecule has 2 aliphatic heterocycles. The van der Waals surface area contributed by atoms with Crippen LogP contribution >= 0.6 is 0 Å². The summed E-state index contributed by atoms with van der Waals surface area (Å²) in [5.41, 5.74) is -0.438. The number of hydrogen-bond donors (Lipinski definition) is 0. The number of carbonyl (C=O) groups excluding carboxylic acids is 2. The maximum Gasteiger partial charge on any atom is 0.162 e. The normalized spacial score (nSPS) is 51.6. The zero-order valence-electron chi connectivity index (χ0n) is 9.62. The van der Waals surface area contributed by atoms with Crippen molar-refractivity contribution in [3.8, 4) is 0 Å². The summed E-state index contributed by atoms with van der Waals surface area (Å²) in [5, 5.41) is 0. The molecule has 2 heterocycles. The van der Waals surface area contributed by atoms with Crippen LogP contribution in [-0.4, -0.2) is 38.0 Å². The van der Waals surface area contributed by atoms with Crippen LogP contribution in [0.2, 0.25) is 0 Å². The molecule has 0 aromatic carbocycles. The lowest BCUT2D eigenvalue weighted by atomic mass is 9.37. The molecule has 4 nitrogen and oxygen atoms in total. The van der Waals surface area contributed by atoms with Gasteiger partial charge in [0.1, 0.15) is 13.2 Å². The second kappa shape index (κ2) is 2.93. The van der Waals surface area contributed by atoms with Gasteiger partial charge in [0, 0.05) is 22.7 Å². The summed E-state index contributed by atoms with van der Waals surface area (Å²) in [7, 11) is 0. The van der Waals surface area contributed by atoms with Crippen molar-refractivity contribution in [1.82, 2.24) is 0 Å². The van der Waals surface area contributed by atoms with Crippen LogP contribution in [0.15, 0.2) is 0 Å². The molecule has 1 aliphatic carbocycles. The van der Waals surface area contributed by atoms with E-state index in [1.165, 1.54) is 0 Å². The highest BCUT2D eigenvalue weighted by Gasteiger charge is 2.73. The Bertz CT molecular complexity index is 341. The Morgan fingerprint density at radius 1 is 0.938 bits per heavy atom. The van der Waals surface area contributed by atoms with Gasteiger partial charge >= 0.3 is 0 Å². The number of fused-ring (bicyclic) bond motifs is 4. The van der Waals surface area contributed by atoms with Crippen LogP contribution in [0.25, 0.3) is 0 Å². The minimum Gasteiger partial charge on any atom is -0.373 e. The molecule has 3 aliphatic rings. The van der Waals surface area contributed by atoms with Gasteiger partial charge in [-0.2, -0.15) is 0 Å². The molecule has 3 fully saturated rings. The average Bonchev–Trinajstić information content (AvgIpc) is 2.21. The minimum atomic E-state index is -0.219. The summed E-state index contributed by atoms with van der Waals surface area (Å²) in [6.45, 7) is 5.56. The van der Waals surface area contributed by atoms with Gasteiger partial charge in [-0.15, -0.1) is 0 Å². The second-order valence-electron chi connectivity index (χ2n) is 5.71. The first-order chi connectivity index (χ1) is 7.51. The van der Waals surface area contributed by atoms with E-state index in [-0.39, 0.29) is 47.4 Å². The summed E-state index contributed by atoms with van der Waals surface area (Å²) in [6, 6.07) is 0. The van der Waals surface area contributed by atoms with Gasteiger partial charge in [0.2, 0.25) is 0 Å². The lowest BCUT2D eigenvalue weighted by Crippen LogP contribution is -2.74. The van der Waals surface area contributed by atoms with Gasteiger partial charge in [-0.05, 0) is 0 Å². The Labute approximate surface area is 94.3 Å². The number of ketones is 2. The van der Waals surface area contributed by atoms with Crippen LogP contribution in [0.5, 0.6) is 0 Å². The third-order valence-electron chi connectivity index (χ3n) is 5.00. The first-order valence-electron chi connectivity index (χ1n) is 5.72. The lowest BCUT2D eigenvalue weighted by Gasteiger charge is -2.68. The molecule has 0 bridgehead atoms. The van der Waals surface area contributed by atoms with Crippen molar-refractivity contribution in [2.45, 2.75) is 13.8 Å². The summed E-state index contributed by atoms with van der Waals surface area (Å²) in [4.78, 5) is 23.8. The molecule has 16 heavy (non-hydrogen) atoms. The van der Waals surface area contributed by atoms with Crippen molar-refractivity contribution >= 4 is 11.6 Å². The standard InChI is InChI=1S/C12H16O4/c1-11-5-15-3-7(13)9(11)10-8(14)4-16-6-12(10,11)2/h9-10H,3-6H2,1-2H3/t9-,10-,11-,12-/m1/s1. The minimum absolute atomic E-state index is 0.0893. The quantitative estimate of drug-likeness (QED) is 0.599. The predicted octanol–water partition coefficient (Wildman–Crippen LogP) is 0.444. The topological polar surface area (TPSA) is 52.6 Å². The molecule has 0 unspecified atom stereocenters. The van der Waals surface area contributed by atoms with E-state index in [1.807, 2.05) is 13.8 Å². The van der Waals surface area contributed by atoms with Crippen LogP contribution in [-0.2, 0) is 19.1 Å². The maximum absolute atomic E-state index is 11.9. The van der Waals surface area contributed by atoms with Gasteiger partial charge < -0.3 is 9.47 Å². The van der Waals surface area contributed by atoms with E-state index in [0.29, 0.717) is 13.2 Å². The highest BCUT2D eigenvalue weighted by atomic mass is 16.5. The third-order valence-corrected chi connectivity index (χ3v) is 5.00. The monoisotopic (exact) mass is 224 g/mol. The summed E-state index contributed by atoms with van der Waals surface area (Å²) < 4.78 is 10.7. The Kier molecular flexibility index (Phi) is 1.91. The molecule has 2 saturated heterocycles. The molecule has 4 atom stereocenters.